The molecule has 0 spiro atoms. The monoisotopic (exact) mass is 371 g/mol. The summed E-state index contributed by atoms with van der Waals surface area (Å²) >= 11 is 0. The molecule has 2 aromatic heterocycles. The molecule has 2 heterocycles. The number of nitrogens with zero attached hydrogens (tertiary/aromatic N) is 2. The minimum absolute atomic E-state index is 0.204. The largest absolute Gasteiger partial charge is 0.480 e. The number of benzene rings is 2. The molecule has 28 heavy (non-hydrogen) atoms. The van der Waals surface area contributed by atoms with Gasteiger partial charge in [-0.3, -0.25) is 4.79 Å². The molecule has 0 aliphatic heterocycles. The Hall–Kier alpha value is -3.44. The zero-order valence-electron chi connectivity index (χ0n) is 15.5. The van der Waals surface area contributed by atoms with E-state index in [0.29, 0.717) is 0 Å². The molecule has 0 radical (unpaired) electrons. The van der Waals surface area contributed by atoms with Crippen molar-refractivity contribution in [2.45, 2.75) is 19.4 Å². The number of carboxylic acid groups (broad SMARTS) is 1. The summed E-state index contributed by atoms with van der Waals surface area (Å²) in [4.78, 5) is 16.1. The summed E-state index contributed by atoms with van der Waals surface area (Å²) in [6.07, 6.45) is 2.11. The van der Waals surface area contributed by atoms with Gasteiger partial charge in [-0.1, -0.05) is 60.7 Å². The van der Waals surface area contributed by atoms with E-state index in [0.717, 1.165) is 39.3 Å². The molecule has 4 aromatic rings. The number of nitrogens with two attached hydrogens (primary N) is 1. The van der Waals surface area contributed by atoms with Crippen molar-refractivity contribution in [2.24, 2.45) is 5.73 Å². The topological polar surface area (TPSA) is 80.6 Å². The van der Waals surface area contributed by atoms with Crippen molar-refractivity contribution >= 4 is 11.6 Å². The number of aryl methyl sites for hydroxylation is 1. The minimum Gasteiger partial charge on any atom is -0.480 e. The predicted molar refractivity (Wildman–Crippen MR) is 110 cm³/mol. The Morgan fingerprint density at radius 1 is 1.00 bits per heavy atom. The van der Waals surface area contributed by atoms with E-state index in [1.807, 2.05) is 60.0 Å². The molecule has 0 amide bonds. The van der Waals surface area contributed by atoms with Crippen LogP contribution in [0.3, 0.4) is 0 Å². The average molecular weight is 371 g/mol. The van der Waals surface area contributed by atoms with E-state index in [9.17, 15) is 9.90 Å². The molecule has 3 N–H and O–H groups in total. The van der Waals surface area contributed by atoms with Crippen LogP contribution in [0.5, 0.6) is 0 Å². The zero-order valence-corrected chi connectivity index (χ0v) is 15.5. The number of carbonyl (C=O) groups is 1. The van der Waals surface area contributed by atoms with Crippen LogP contribution in [0.15, 0.2) is 72.9 Å². The quantitative estimate of drug-likeness (QED) is 0.557. The van der Waals surface area contributed by atoms with Gasteiger partial charge in [0, 0.05) is 18.2 Å². The number of aromatic nitrogens is 2. The maximum Gasteiger partial charge on any atom is 0.320 e. The summed E-state index contributed by atoms with van der Waals surface area (Å²) in [5, 5.41) is 9.28. The van der Waals surface area contributed by atoms with Crippen molar-refractivity contribution in [3.05, 3.63) is 84.2 Å². The molecule has 0 saturated carbocycles. The highest BCUT2D eigenvalue weighted by atomic mass is 16.4. The Morgan fingerprint density at radius 3 is 2.32 bits per heavy atom. The molecular formula is C23H21N3O2. The second kappa shape index (κ2) is 7.29. The van der Waals surface area contributed by atoms with E-state index in [2.05, 4.69) is 24.3 Å². The molecule has 4 rings (SSSR count). The predicted octanol–water partition coefficient (Wildman–Crippen LogP) is 3.93. The molecule has 0 aliphatic carbocycles. The molecule has 0 bridgehead atoms. The van der Waals surface area contributed by atoms with Crippen LogP contribution in [-0.2, 0) is 11.2 Å². The Kier molecular flexibility index (Phi) is 4.67. The van der Waals surface area contributed by atoms with E-state index in [1.54, 1.807) is 0 Å². The third-order valence-electron chi connectivity index (χ3n) is 4.94. The van der Waals surface area contributed by atoms with Crippen molar-refractivity contribution in [3.63, 3.8) is 0 Å². The van der Waals surface area contributed by atoms with Crippen molar-refractivity contribution in [3.8, 4) is 22.4 Å². The summed E-state index contributed by atoms with van der Waals surface area (Å²) in [6, 6.07) is 21.3. The van der Waals surface area contributed by atoms with Gasteiger partial charge in [0.2, 0.25) is 0 Å². The molecule has 2 aromatic carbocycles. The van der Waals surface area contributed by atoms with Crippen LogP contribution in [0.1, 0.15) is 11.3 Å². The van der Waals surface area contributed by atoms with Gasteiger partial charge in [0.05, 0.1) is 11.4 Å². The molecule has 1 unspecified atom stereocenters. The number of hydrogen-bond acceptors (Lipinski definition) is 3. The smallest absolute Gasteiger partial charge is 0.320 e. The Morgan fingerprint density at radius 2 is 1.64 bits per heavy atom. The summed E-state index contributed by atoms with van der Waals surface area (Å²) in [5.41, 5.74) is 12.5. The molecule has 140 valence electrons. The Bertz CT molecular complexity index is 1130. The number of rotatable bonds is 5. The molecular weight excluding hydrogens is 350 g/mol. The molecule has 0 saturated heterocycles. The first-order valence-electron chi connectivity index (χ1n) is 9.15. The molecule has 1 atom stereocenters. The normalized spacial score (nSPS) is 12.2. The van der Waals surface area contributed by atoms with E-state index < -0.39 is 12.0 Å². The first-order chi connectivity index (χ1) is 13.5. The maximum absolute atomic E-state index is 11.3. The lowest BCUT2D eigenvalue weighted by molar-refractivity contribution is -0.138. The third-order valence-corrected chi connectivity index (χ3v) is 4.94. The van der Waals surface area contributed by atoms with Gasteiger partial charge >= 0.3 is 5.97 Å². The second-order valence-corrected chi connectivity index (χ2v) is 6.88. The first-order valence-corrected chi connectivity index (χ1v) is 9.15. The van der Waals surface area contributed by atoms with Gasteiger partial charge in [-0.25, -0.2) is 4.98 Å². The van der Waals surface area contributed by atoms with Crippen LogP contribution < -0.4 is 5.73 Å². The number of pyridine rings is 1. The van der Waals surface area contributed by atoms with Gasteiger partial charge in [-0.2, -0.15) is 0 Å². The van der Waals surface area contributed by atoms with Crippen LogP contribution in [0, 0.1) is 6.92 Å². The fourth-order valence-electron chi connectivity index (χ4n) is 3.43. The number of fused-ring (bicyclic) bond motifs is 1. The highest BCUT2D eigenvalue weighted by Crippen LogP contribution is 2.29. The number of carboxylic acids is 1. The first kappa shape index (κ1) is 17.9. The number of hydrogen-bond donors (Lipinski definition) is 2. The van der Waals surface area contributed by atoms with Gasteiger partial charge in [0.15, 0.2) is 0 Å². The van der Waals surface area contributed by atoms with Crippen molar-refractivity contribution in [1.82, 2.24) is 9.38 Å². The van der Waals surface area contributed by atoms with Crippen LogP contribution in [0.2, 0.25) is 0 Å². The summed E-state index contributed by atoms with van der Waals surface area (Å²) in [5.74, 6) is -1.02. The van der Waals surface area contributed by atoms with E-state index in [-0.39, 0.29) is 6.42 Å². The zero-order chi connectivity index (χ0) is 19.7. The lowest BCUT2D eigenvalue weighted by Crippen LogP contribution is -2.32. The molecule has 0 fully saturated rings. The van der Waals surface area contributed by atoms with Crippen molar-refractivity contribution in [1.29, 1.82) is 0 Å². The van der Waals surface area contributed by atoms with E-state index in [1.165, 1.54) is 0 Å². The van der Waals surface area contributed by atoms with E-state index >= 15 is 0 Å². The van der Waals surface area contributed by atoms with Crippen LogP contribution >= 0.6 is 0 Å². The van der Waals surface area contributed by atoms with Crippen molar-refractivity contribution < 1.29 is 9.90 Å². The summed E-state index contributed by atoms with van der Waals surface area (Å²) in [6.45, 7) is 1.99. The average Bonchev–Trinajstić information content (AvgIpc) is 3.08. The van der Waals surface area contributed by atoms with Gasteiger partial charge in [-0.15, -0.1) is 0 Å². The van der Waals surface area contributed by atoms with Gasteiger partial charge in [0.1, 0.15) is 11.7 Å². The van der Waals surface area contributed by atoms with E-state index in [4.69, 9.17) is 10.7 Å². The lowest BCUT2D eigenvalue weighted by Gasteiger charge is -2.10. The fourth-order valence-corrected chi connectivity index (χ4v) is 3.43. The summed E-state index contributed by atoms with van der Waals surface area (Å²) in [7, 11) is 0. The SMILES string of the molecule is Cc1cccn2c(CC(N)C(=O)O)c(-c3ccc(-c4ccccc4)cc3)nc12. The van der Waals surface area contributed by atoms with Crippen LogP contribution in [-0.4, -0.2) is 26.5 Å². The third kappa shape index (κ3) is 3.28. The molecule has 5 nitrogen and oxygen atoms in total. The number of imidazole rings is 1. The van der Waals surface area contributed by atoms with Gasteiger partial charge in [-0.05, 0) is 29.7 Å². The Labute approximate surface area is 163 Å². The fraction of sp³-hybridized carbons (Fsp3) is 0.130. The molecule has 0 aliphatic rings. The second-order valence-electron chi connectivity index (χ2n) is 6.88. The maximum atomic E-state index is 11.3. The highest BCUT2D eigenvalue weighted by molar-refractivity contribution is 5.76. The minimum atomic E-state index is -1.02. The molecule has 5 heteroatoms. The standard InChI is InChI=1S/C23H21N3O2/c1-15-6-5-13-26-20(14-19(24)23(27)28)21(25-22(15)26)18-11-9-17(10-12-18)16-7-3-2-4-8-16/h2-13,19H,14,24H2,1H3,(H,27,28). The van der Waals surface area contributed by atoms with Gasteiger partial charge < -0.3 is 15.2 Å². The summed E-state index contributed by atoms with van der Waals surface area (Å²) < 4.78 is 1.94. The highest BCUT2D eigenvalue weighted by Gasteiger charge is 2.21. The Balaban J connectivity index is 1.81. The van der Waals surface area contributed by atoms with Gasteiger partial charge in [0.25, 0.3) is 0 Å². The van der Waals surface area contributed by atoms with Crippen LogP contribution in [0.4, 0.5) is 0 Å². The van der Waals surface area contributed by atoms with Crippen molar-refractivity contribution in [2.75, 3.05) is 0 Å². The number of aliphatic carboxylic acids is 1. The lowest BCUT2D eigenvalue weighted by atomic mass is 10.0. The van der Waals surface area contributed by atoms with Crippen LogP contribution in [0.25, 0.3) is 28.0 Å².